The smallest absolute Gasteiger partial charge is 0.490 e. The van der Waals surface area contributed by atoms with E-state index in [1.54, 1.807) is 0 Å². The summed E-state index contributed by atoms with van der Waals surface area (Å²) in [5.41, 5.74) is 0.320. The highest BCUT2D eigenvalue weighted by atomic mass is 19.4. The van der Waals surface area contributed by atoms with Gasteiger partial charge >= 0.3 is 24.7 Å². The second-order valence-corrected chi connectivity index (χ2v) is 9.08. The van der Waals surface area contributed by atoms with E-state index in [9.17, 15) is 43.9 Å². The molecule has 17 heteroatoms. The summed E-state index contributed by atoms with van der Waals surface area (Å²) in [6, 6.07) is 3.80. The summed E-state index contributed by atoms with van der Waals surface area (Å²) in [5, 5.41) is 0. The van der Waals surface area contributed by atoms with Gasteiger partial charge in [0.2, 0.25) is 0 Å². The van der Waals surface area contributed by atoms with Gasteiger partial charge in [0.15, 0.2) is 23.1 Å². The topological polar surface area (TPSA) is 71.9 Å². The first-order valence-electron chi connectivity index (χ1n) is 13.1. The van der Waals surface area contributed by atoms with Crippen LogP contribution in [-0.4, -0.2) is 61.1 Å². The van der Waals surface area contributed by atoms with Gasteiger partial charge in [-0.1, -0.05) is 39.0 Å². The van der Waals surface area contributed by atoms with E-state index >= 15 is 0 Å². The number of hydrogen-bond donors (Lipinski definition) is 0. The maximum absolute atomic E-state index is 14.5. The Bertz CT molecular complexity index is 1100. The van der Waals surface area contributed by atoms with Gasteiger partial charge in [-0.25, -0.2) is 23.8 Å². The Balaban J connectivity index is 1.74. The van der Waals surface area contributed by atoms with Crippen LogP contribution in [0.15, 0.2) is 30.6 Å². The average molecular weight is 641 g/mol. The van der Waals surface area contributed by atoms with Gasteiger partial charge in [-0.05, 0) is 24.6 Å². The first-order chi connectivity index (χ1) is 20.1. The summed E-state index contributed by atoms with van der Waals surface area (Å²) < 4.78 is 148. The van der Waals surface area contributed by atoms with Gasteiger partial charge in [0.1, 0.15) is 6.61 Å². The standard InChI is InChI=1S/C26H30F10N2O5/c1-2-3-4-5-6-7-12-40-19-15-37-22(38-16-19)18-9-10-21(20(27)14-18)41-13-8-11-39-17-23(28,29)42-24(30,31)25(32,33)43-26(34,35)36/h9-10,14-16H,2-8,11-13,17H2,1H3. The number of benzene rings is 1. The molecule has 0 aliphatic rings. The fourth-order valence-corrected chi connectivity index (χ4v) is 3.38. The number of hydrogen-bond acceptors (Lipinski definition) is 7. The third-order valence-electron chi connectivity index (χ3n) is 5.41. The van der Waals surface area contributed by atoms with Crippen LogP contribution < -0.4 is 9.47 Å². The molecule has 0 saturated heterocycles. The molecule has 0 amide bonds. The van der Waals surface area contributed by atoms with E-state index < -0.39 is 43.7 Å². The van der Waals surface area contributed by atoms with Gasteiger partial charge in [-0.3, -0.25) is 0 Å². The number of alkyl halides is 9. The van der Waals surface area contributed by atoms with Crippen LogP contribution in [0.5, 0.6) is 11.5 Å². The lowest BCUT2D eigenvalue weighted by molar-refractivity contribution is -0.530. The summed E-state index contributed by atoms with van der Waals surface area (Å²) in [6.45, 7) is -0.283. The van der Waals surface area contributed by atoms with Crippen molar-refractivity contribution in [2.75, 3.05) is 26.4 Å². The molecule has 43 heavy (non-hydrogen) atoms. The second-order valence-electron chi connectivity index (χ2n) is 9.08. The molecule has 2 rings (SSSR count). The summed E-state index contributed by atoms with van der Waals surface area (Å²) in [5.74, 6) is -0.369. The minimum atomic E-state index is -6.45. The predicted molar refractivity (Wildman–Crippen MR) is 130 cm³/mol. The summed E-state index contributed by atoms with van der Waals surface area (Å²) in [4.78, 5) is 8.30. The second kappa shape index (κ2) is 16.2. The SMILES string of the molecule is CCCCCCCCOc1cnc(-c2ccc(OCCCOCC(F)(F)OC(F)(F)C(F)(F)OC(F)(F)F)c(F)c2)nc1. The minimum absolute atomic E-state index is 0.204. The summed E-state index contributed by atoms with van der Waals surface area (Å²) in [6.07, 6.45) is -14.8. The van der Waals surface area contributed by atoms with E-state index in [1.165, 1.54) is 43.8 Å². The van der Waals surface area contributed by atoms with E-state index in [4.69, 9.17) is 9.47 Å². The first-order valence-corrected chi connectivity index (χ1v) is 13.1. The van der Waals surface area contributed by atoms with Crippen LogP contribution in [0.2, 0.25) is 0 Å². The number of unbranched alkanes of at least 4 members (excludes halogenated alkanes) is 5. The molecule has 0 aliphatic carbocycles. The van der Waals surface area contributed by atoms with Crippen molar-refractivity contribution in [1.82, 2.24) is 9.97 Å². The fourth-order valence-electron chi connectivity index (χ4n) is 3.38. The summed E-state index contributed by atoms with van der Waals surface area (Å²) >= 11 is 0. The molecule has 0 N–H and O–H groups in total. The molecule has 0 radical (unpaired) electrons. The van der Waals surface area contributed by atoms with Gasteiger partial charge in [-0.15, -0.1) is 13.2 Å². The van der Waals surface area contributed by atoms with E-state index in [0.29, 0.717) is 17.9 Å². The molecule has 0 spiro atoms. The molecule has 0 fully saturated rings. The molecule has 0 atom stereocenters. The van der Waals surface area contributed by atoms with Crippen molar-refractivity contribution >= 4 is 0 Å². The molecule has 7 nitrogen and oxygen atoms in total. The number of ether oxygens (including phenoxy) is 5. The van der Waals surface area contributed by atoms with Crippen molar-refractivity contribution in [3.05, 3.63) is 36.4 Å². The average Bonchev–Trinajstić information content (AvgIpc) is 2.89. The Labute approximate surface area is 240 Å². The maximum atomic E-state index is 14.5. The van der Waals surface area contributed by atoms with Crippen LogP contribution in [0.3, 0.4) is 0 Å². The highest BCUT2D eigenvalue weighted by Crippen LogP contribution is 2.43. The highest BCUT2D eigenvalue weighted by molar-refractivity contribution is 5.56. The highest BCUT2D eigenvalue weighted by Gasteiger charge is 2.67. The largest absolute Gasteiger partial charge is 0.527 e. The Morgan fingerprint density at radius 1 is 0.698 bits per heavy atom. The molecule has 0 unspecified atom stereocenters. The maximum Gasteiger partial charge on any atom is 0.527 e. The van der Waals surface area contributed by atoms with Crippen LogP contribution >= 0.6 is 0 Å². The third kappa shape index (κ3) is 13.1. The van der Waals surface area contributed by atoms with Crippen molar-refractivity contribution in [3.63, 3.8) is 0 Å². The van der Waals surface area contributed by atoms with E-state index in [2.05, 4.69) is 26.4 Å². The molecule has 1 aromatic heterocycles. The van der Waals surface area contributed by atoms with E-state index in [-0.39, 0.29) is 24.6 Å². The van der Waals surface area contributed by atoms with Crippen LogP contribution in [-0.2, 0) is 14.2 Å². The molecular weight excluding hydrogens is 610 g/mol. The van der Waals surface area contributed by atoms with Gasteiger partial charge < -0.3 is 14.2 Å². The van der Waals surface area contributed by atoms with Crippen molar-refractivity contribution in [2.24, 2.45) is 0 Å². The Morgan fingerprint density at radius 3 is 1.93 bits per heavy atom. The molecular formula is C26H30F10N2O5. The number of nitrogens with zero attached hydrogens (tertiary/aromatic N) is 2. The van der Waals surface area contributed by atoms with E-state index in [0.717, 1.165) is 25.3 Å². The predicted octanol–water partition coefficient (Wildman–Crippen LogP) is 8.14. The third-order valence-corrected chi connectivity index (χ3v) is 5.41. The van der Waals surface area contributed by atoms with Crippen LogP contribution in [0.4, 0.5) is 43.9 Å². The summed E-state index contributed by atoms with van der Waals surface area (Å²) in [7, 11) is 0. The lowest BCUT2D eigenvalue weighted by Gasteiger charge is -2.29. The van der Waals surface area contributed by atoms with Gasteiger partial charge in [0.25, 0.3) is 0 Å². The zero-order chi connectivity index (χ0) is 32.2. The monoisotopic (exact) mass is 640 g/mol. The molecule has 1 aromatic carbocycles. The minimum Gasteiger partial charge on any atom is -0.490 e. The van der Waals surface area contributed by atoms with Crippen molar-refractivity contribution in [1.29, 1.82) is 0 Å². The van der Waals surface area contributed by atoms with Gasteiger partial charge in [-0.2, -0.15) is 26.3 Å². The lowest BCUT2D eigenvalue weighted by Crippen LogP contribution is -2.51. The first kappa shape index (κ1) is 36.3. The Hall–Kier alpha value is -2.92. The molecule has 1 heterocycles. The normalized spacial score (nSPS) is 12.9. The quantitative estimate of drug-likeness (QED) is 0.107. The number of aromatic nitrogens is 2. The van der Waals surface area contributed by atoms with Crippen LogP contribution in [0, 0.1) is 5.82 Å². The van der Waals surface area contributed by atoms with Gasteiger partial charge in [0, 0.05) is 12.0 Å². The zero-order valence-corrected chi connectivity index (χ0v) is 22.9. The van der Waals surface area contributed by atoms with Crippen molar-refractivity contribution in [2.45, 2.75) is 76.6 Å². The number of halogens is 10. The van der Waals surface area contributed by atoms with Crippen molar-refractivity contribution < 1.29 is 67.6 Å². The lowest BCUT2D eigenvalue weighted by atomic mass is 10.1. The fraction of sp³-hybridized carbons (Fsp3) is 0.615. The molecule has 0 bridgehead atoms. The van der Waals surface area contributed by atoms with Crippen LogP contribution in [0.1, 0.15) is 51.9 Å². The Kier molecular flexibility index (Phi) is 13.7. The molecule has 2 aromatic rings. The molecule has 0 saturated carbocycles. The zero-order valence-electron chi connectivity index (χ0n) is 22.9. The molecule has 244 valence electrons. The van der Waals surface area contributed by atoms with Crippen LogP contribution in [0.25, 0.3) is 11.4 Å². The number of rotatable bonds is 20. The van der Waals surface area contributed by atoms with Gasteiger partial charge in [0.05, 0.1) is 32.2 Å². The molecule has 0 aliphatic heterocycles. The van der Waals surface area contributed by atoms with Crippen molar-refractivity contribution in [3.8, 4) is 22.9 Å². The Morgan fingerprint density at radius 2 is 1.30 bits per heavy atom. The van der Waals surface area contributed by atoms with E-state index in [1.807, 2.05) is 4.74 Å².